The minimum atomic E-state index is -0.101. The lowest BCUT2D eigenvalue weighted by atomic mass is 10.0. The van der Waals surface area contributed by atoms with Gasteiger partial charge in [0.05, 0.1) is 6.10 Å². The summed E-state index contributed by atoms with van der Waals surface area (Å²) in [5, 5.41) is 13.8. The second-order valence-electron chi connectivity index (χ2n) is 4.46. The van der Waals surface area contributed by atoms with E-state index in [2.05, 4.69) is 29.7 Å². The number of hydrogen-bond acceptors (Lipinski definition) is 2. The molecule has 1 aromatic heterocycles. The summed E-state index contributed by atoms with van der Waals surface area (Å²) in [6.45, 7) is 4.28. The van der Waals surface area contributed by atoms with Gasteiger partial charge in [0.15, 0.2) is 0 Å². The fourth-order valence-corrected chi connectivity index (χ4v) is 2.31. The molecule has 0 aromatic carbocycles. The monoisotopic (exact) mass is 194 g/mol. The maximum Gasteiger partial charge on any atom is 0.0546 e. The Bertz CT molecular complexity index is 306. The van der Waals surface area contributed by atoms with Crippen LogP contribution in [0.5, 0.6) is 0 Å². The molecule has 1 saturated carbocycles. The summed E-state index contributed by atoms with van der Waals surface area (Å²) in [4.78, 5) is 0. The maximum absolute atomic E-state index is 9.50. The van der Waals surface area contributed by atoms with E-state index in [1.807, 2.05) is 6.20 Å². The van der Waals surface area contributed by atoms with Gasteiger partial charge in [0.1, 0.15) is 0 Å². The molecule has 3 heteroatoms. The van der Waals surface area contributed by atoms with Gasteiger partial charge in [-0.1, -0.05) is 0 Å². The second kappa shape index (κ2) is 3.73. The lowest BCUT2D eigenvalue weighted by Crippen LogP contribution is -2.10. The summed E-state index contributed by atoms with van der Waals surface area (Å²) in [7, 11) is 0. The van der Waals surface area contributed by atoms with Gasteiger partial charge in [0, 0.05) is 23.9 Å². The minimum Gasteiger partial charge on any atom is -0.393 e. The summed E-state index contributed by atoms with van der Waals surface area (Å²) in [5.41, 5.74) is 1.29. The van der Waals surface area contributed by atoms with Crippen LogP contribution in [0.15, 0.2) is 12.3 Å². The number of rotatable bonds is 2. The molecular weight excluding hydrogens is 176 g/mol. The Morgan fingerprint density at radius 2 is 2.29 bits per heavy atom. The number of aliphatic hydroxyl groups excluding tert-OH is 1. The van der Waals surface area contributed by atoms with Crippen molar-refractivity contribution in [1.82, 2.24) is 9.78 Å². The van der Waals surface area contributed by atoms with Crippen molar-refractivity contribution < 1.29 is 5.11 Å². The van der Waals surface area contributed by atoms with Crippen molar-refractivity contribution in [3.8, 4) is 0 Å². The molecule has 2 rings (SSSR count). The first-order valence-electron chi connectivity index (χ1n) is 5.40. The van der Waals surface area contributed by atoms with Crippen LogP contribution in [0.2, 0.25) is 0 Å². The van der Waals surface area contributed by atoms with Gasteiger partial charge in [-0.25, -0.2) is 0 Å². The van der Waals surface area contributed by atoms with Gasteiger partial charge in [-0.3, -0.25) is 4.68 Å². The Labute approximate surface area is 84.7 Å². The van der Waals surface area contributed by atoms with E-state index in [4.69, 9.17) is 0 Å². The third-order valence-electron chi connectivity index (χ3n) is 3.01. The summed E-state index contributed by atoms with van der Waals surface area (Å²) in [6.07, 6.45) is 4.70. The topological polar surface area (TPSA) is 38.0 Å². The van der Waals surface area contributed by atoms with Gasteiger partial charge in [-0.05, 0) is 39.2 Å². The SMILES string of the molecule is CC(C)n1nccc1C1CCC(O)C1. The van der Waals surface area contributed by atoms with Crippen LogP contribution in [0.4, 0.5) is 0 Å². The van der Waals surface area contributed by atoms with Crippen molar-refractivity contribution in [1.29, 1.82) is 0 Å². The van der Waals surface area contributed by atoms with Crippen LogP contribution in [0.25, 0.3) is 0 Å². The molecule has 1 heterocycles. The molecule has 1 aliphatic rings. The van der Waals surface area contributed by atoms with Gasteiger partial charge in [-0.2, -0.15) is 5.10 Å². The summed E-state index contributed by atoms with van der Waals surface area (Å²) >= 11 is 0. The highest BCUT2D eigenvalue weighted by molar-refractivity contribution is 5.11. The molecule has 1 N–H and O–H groups in total. The molecule has 1 aliphatic carbocycles. The fraction of sp³-hybridized carbons (Fsp3) is 0.727. The van der Waals surface area contributed by atoms with Crippen molar-refractivity contribution in [2.24, 2.45) is 0 Å². The normalized spacial score (nSPS) is 27.4. The van der Waals surface area contributed by atoms with Crippen LogP contribution < -0.4 is 0 Å². The first-order valence-corrected chi connectivity index (χ1v) is 5.40. The van der Waals surface area contributed by atoms with Crippen molar-refractivity contribution >= 4 is 0 Å². The van der Waals surface area contributed by atoms with Crippen molar-refractivity contribution in [2.45, 2.75) is 51.2 Å². The van der Waals surface area contributed by atoms with Gasteiger partial charge in [0.25, 0.3) is 0 Å². The van der Waals surface area contributed by atoms with Crippen LogP contribution >= 0.6 is 0 Å². The standard InChI is InChI=1S/C11H18N2O/c1-8(2)13-11(5-6-12-13)9-3-4-10(14)7-9/h5-6,8-10,14H,3-4,7H2,1-2H3. The van der Waals surface area contributed by atoms with Crippen molar-refractivity contribution in [3.05, 3.63) is 18.0 Å². The van der Waals surface area contributed by atoms with Crippen LogP contribution in [-0.2, 0) is 0 Å². The Balaban J connectivity index is 2.19. The van der Waals surface area contributed by atoms with E-state index in [-0.39, 0.29) is 6.10 Å². The Hall–Kier alpha value is -0.830. The molecule has 0 radical (unpaired) electrons. The average Bonchev–Trinajstić information content (AvgIpc) is 2.70. The van der Waals surface area contributed by atoms with Gasteiger partial charge >= 0.3 is 0 Å². The molecule has 1 fully saturated rings. The predicted molar refractivity (Wildman–Crippen MR) is 55.2 cm³/mol. The number of aromatic nitrogens is 2. The van der Waals surface area contributed by atoms with E-state index < -0.39 is 0 Å². The minimum absolute atomic E-state index is 0.101. The number of hydrogen-bond donors (Lipinski definition) is 1. The van der Waals surface area contributed by atoms with Crippen LogP contribution in [-0.4, -0.2) is 21.0 Å². The van der Waals surface area contributed by atoms with Crippen LogP contribution in [0.3, 0.4) is 0 Å². The zero-order valence-corrected chi connectivity index (χ0v) is 8.85. The van der Waals surface area contributed by atoms with Gasteiger partial charge in [0.2, 0.25) is 0 Å². The second-order valence-corrected chi connectivity index (χ2v) is 4.46. The average molecular weight is 194 g/mol. The molecule has 78 valence electrons. The third-order valence-corrected chi connectivity index (χ3v) is 3.01. The lowest BCUT2D eigenvalue weighted by molar-refractivity contribution is 0.181. The van der Waals surface area contributed by atoms with E-state index in [9.17, 15) is 5.11 Å². The van der Waals surface area contributed by atoms with E-state index >= 15 is 0 Å². The smallest absolute Gasteiger partial charge is 0.0546 e. The molecule has 0 bridgehead atoms. The maximum atomic E-state index is 9.50. The Kier molecular flexibility index (Phi) is 2.59. The molecule has 0 saturated heterocycles. The lowest BCUT2D eigenvalue weighted by Gasteiger charge is -2.15. The van der Waals surface area contributed by atoms with Crippen molar-refractivity contribution in [2.75, 3.05) is 0 Å². The molecular formula is C11H18N2O. The third kappa shape index (κ3) is 1.69. The zero-order chi connectivity index (χ0) is 10.1. The summed E-state index contributed by atoms with van der Waals surface area (Å²) in [6, 6.07) is 2.50. The van der Waals surface area contributed by atoms with E-state index in [1.165, 1.54) is 5.69 Å². The Morgan fingerprint density at radius 1 is 1.50 bits per heavy atom. The molecule has 1 aromatic rings. The first kappa shape index (κ1) is 9.71. The van der Waals surface area contributed by atoms with Crippen molar-refractivity contribution in [3.63, 3.8) is 0 Å². The quantitative estimate of drug-likeness (QED) is 0.782. The Morgan fingerprint density at radius 3 is 2.86 bits per heavy atom. The fourth-order valence-electron chi connectivity index (χ4n) is 2.31. The molecule has 2 unspecified atom stereocenters. The van der Waals surface area contributed by atoms with E-state index in [0.717, 1.165) is 19.3 Å². The molecule has 2 atom stereocenters. The highest BCUT2D eigenvalue weighted by atomic mass is 16.3. The van der Waals surface area contributed by atoms with Gasteiger partial charge < -0.3 is 5.11 Å². The first-order chi connectivity index (χ1) is 6.68. The predicted octanol–water partition coefficient (Wildman–Crippen LogP) is 2.09. The summed E-state index contributed by atoms with van der Waals surface area (Å²) < 4.78 is 2.07. The molecule has 0 spiro atoms. The molecule has 14 heavy (non-hydrogen) atoms. The molecule has 0 aliphatic heterocycles. The summed E-state index contributed by atoms with van der Waals surface area (Å²) in [5.74, 6) is 0.509. The van der Waals surface area contributed by atoms with Crippen LogP contribution in [0.1, 0.15) is 50.8 Å². The van der Waals surface area contributed by atoms with E-state index in [1.54, 1.807) is 0 Å². The number of nitrogens with zero attached hydrogens (tertiary/aromatic N) is 2. The van der Waals surface area contributed by atoms with Crippen LogP contribution in [0, 0.1) is 0 Å². The largest absolute Gasteiger partial charge is 0.393 e. The van der Waals surface area contributed by atoms with E-state index in [0.29, 0.717) is 12.0 Å². The highest BCUT2D eigenvalue weighted by Gasteiger charge is 2.26. The zero-order valence-electron chi connectivity index (χ0n) is 8.85. The highest BCUT2D eigenvalue weighted by Crippen LogP contribution is 2.34. The molecule has 3 nitrogen and oxygen atoms in total. The van der Waals surface area contributed by atoms with Gasteiger partial charge in [-0.15, -0.1) is 0 Å². The number of aliphatic hydroxyl groups is 1. The molecule has 0 amide bonds.